The number of methoxy groups -OCH3 is 2. The minimum absolute atomic E-state index is 0.0385. The highest BCUT2D eigenvalue weighted by Gasteiger charge is 2.21. The van der Waals surface area contributed by atoms with E-state index in [2.05, 4.69) is 4.72 Å². The van der Waals surface area contributed by atoms with Crippen molar-refractivity contribution >= 4 is 21.6 Å². The molecule has 0 bridgehead atoms. The summed E-state index contributed by atoms with van der Waals surface area (Å²) in [6, 6.07) is 13.6. The number of sulfonamides is 1. The standard InChI is InChI=1S/C16H18ClNO4S/c1-21-14-9-5-3-7-12(14)15(22-2)11-18-23(19,20)16-10-6-4-8-13(16)17/h3-10,15,18H,11H2,1-2H3/t15-/m1/s1. The molecule has 0 saturated heterocycles. The van der Waals surface area contributed by atoms with Gasteiger partial charge in [0.15, 0.2) is 0 Å². The van der Waals surface area contributed by atoms with Crippen molar-refractivity contribution < 1.29 is 17.9 Å². The summed E-state index contributed by atoms with van der Waals surface area (Å²) in [5.74, 6) is 0.635. The fourth-order valence-electron chi connectivity index (χ4n) is 2.18. The summed E-state index contributed by atoms with van der Waals surface area (Å²) in [5.41, 5.74) is 0.763. The van der Waals surface area contributed by atoms with E-state index in [1.54, 1.807) is 25.3 Å². The second kappa shape index (κ2) is 7.79. The maximum atomic E-state index is 12.4. The molecule has 124 valence electrons. The van der Waals surface area contributed by atoms with Gasteiger partial charge in [-0.3, -0.25) is 0 Å². The molecule has 0 heterocycles. The Labute approximate surface area is 141 Å². The molecule has 23 heavy (non-hydrogen) atoms. The van der Waals surface area contributed by atoms with Gasteiger partial charge in [-0.2, -0.15) is 0 Å². The SMILES string of the molecule is COc1ccccc1[C@@H](CNS(=O)(=O)c1ccccc1Cl)OC. The number of ether oxygens (including phenoxy) is 2. The fraction of sp³-hybridized carbons (Fsp3) is 0.250. The lowest BCUT2D eigenvalue weighted by Crippen LogP contribution is -2.29. The van der Waals surface area contributed by atoms with E-state index in [0.717, 1.165) is 5.56 Å². The molecule has 0 aliphatic heterocycles. The van der Waals surface area contributed by atoms with Crippen LogP contribution < -0.4 is 9.46 Å². The minimum atomic E-state index is -3.73. The number of hydrogen-bond acceptors (Lipinski definition) is 4. The molecule has 2 aromatic carbocycles. The summed E-state index contributed by atoms with van der Waals surface area (Å²) >= 11 is 5.95. The van der Waals surface area contributed by atoms with Crippen LogP contribution in [0.1, 0.15) is 11.7 Å². The van der Waals surface area contributed by atoms with Crippen LogP contribution in [-0.4, -0.2) is 29.2 Å². The summed E-state index contributed by atoms with van der Waals surface area (Å²) in [7, 11) is -0.657. The van der Waals surface area contributed by atoms with E-state index in [9.17, 15) is 8.42 Å². The van der Waals surface area contributed by atoms with Crippen LogP contribution in [0.15, 0.2) is 53.4 Å². The lowest BCUT2D eigenvalue weighted by molar-refractivity contribution is 0.105. The highest BCUT2D eigenvalue weighted by molar-refractivity contribution is 7.89. The van der Waals surface area contributed by atoms with E-state index in [0.29, 0.717) is 5.75 Å². The van der Waals surface area contributed by atoms with Crippen molar-refractivity contribution in [3.05, 3.63) is 59.1 Å². The second-order valence-electron chi connectivity index (χ2n) is 4.75. The first-order chi connectivity index (χ1) is 11.0. The molecule has 7 heteroatoms. The Morgan fingerprint density at radius 2 is 1.74 bits per heavy atom. The molecule has 0 fully saturated rings. The predicted molar refractivity (Wildman–Crippen MR) is 89.4 cm³/mol. The molecule has 0 aromatic heterocycles. The fourth-order valence-corrected chi connectivity index (χ4v) is 3.73. The van der Waals surface area contributed by atoms with E-state index in [1.165, 1.54) is 19.2 Å². The average molecular weight is 356 g/mol. The number of benzene rings is 2. The van der Waals surface area contributed by atoms with Crippen LogP contribution in [-0.2, 0) is 14.8 Å². The third-order valence-corrected chi connectivity index (χ3v) is 5.28. The molecular formula is C16H18ClNO4S. The van der Waals surface area contributed by atoms with Crippen LogP contribution >= 0.6 is 11.6 Å². The summed E-state index contributed by atoms with van der Waals surface area (Å²) in [6.45, 7) is 0.0600. The van der Waals surface area contributed by atoms with Crippen molar-refractivity contribution in [1.82, 2.24) is 4.72 Å². The molecule has 1 atom stereocenters. The van der Waals surface area contributed by atoms with Gasteiger partial charge in [-0.25, -0.2) is 13.1 Å². The lowest BCUT2D eigenvalue weighted by atomic mass is 10.1. The predicted octanol–water partition coefficient (Wildman–Crippen LogP) is 3.01. The molecular weight excluding hydrogens is 338 g/mol. The Morgan fingerprint density at radius 1 is 1.09 bits per heavy atom. The van der Waals surface area contributed by atoms with Gasteiger partial charge in [-0.1, -0.05) is 41.9 Å². The van der Waals surface area contributed by atoms with Crippen LogP contribution in [0.5, 0.6) is 5.75 Å². The molecule has 2 rings (SSSR count). The summed E-state index contributed by atoms with van der Waals surface area (Å²) in [4.78, 5) is 0.0385. The average Bonchev–Trinajstić information content (AvgIpc) is 2.56. The normalized spacial score (nSPS) is 12.8. The molecule has 0 saturated carbocycles. The molecule has 0 aliphatic rings. The van der Waals surface area contributed by atoms with Crippen LogP contribution in [0.2, 0.25) is 5.02 Å². The van der Waals surface area contributed by atoms with Crippen LogP contribution in [0, 0.1) is 0 Å². The first-order valence-corrected chi connectivity index (χ1v) is 8.75. The number of hydrogen-bond donors (Lipinski definition) is 1. The maximum Gasteiger partial charge on any atom is 0.242 e. The van der Waals surface area contributed by atoms with Gasteiger partial charge >= 0.3 is 0 Å². The monoisotopic (exact) mass is 355 g/mol. The Balaban J connectivity index is 2.19. The van der Waals surface area contributed by atoms with Gasteiger partial charge in [-0.15, -0.1) is 0 Å². The molecule has 0 radical (unpaired) electrons. The highest BCUT2D eigenvalue weighted by atomic mass is 35.5. The Kier molecular flexibility index (Phi) is 6.01. The zero-order valence-electron chi connectivity index (χ0n) is 12.8. The van der Waals surface area contributed by atoms with Crippen molar-refractivity contribution in [2.24, 2.45) is 0 Å². The van der Waals surface area contributed by atoms with Crippen molar-refractivity contribution in [2.45, 2.75) is 11.0 Å². The summed E-state index contributed by atoms with van der Waals surface area (Å²) in [6.07, 6.45) is -0.483. The number of rotatable bonds is 7. The Bertz CT molecular complexity index is 764. The van der Waals surface area contributed by atoms with E-state index >= 15 is 0 Å². The molecule has 1 N–H and O–H groups in total. The molecule has 0 amide bonds. The molecule has 0 aliphatic carbocycles. The molecule has 2 aromatic rings. The topological polar surface area (TPSA) is 64.6 Å². The lowest BCUT2D eigenvalue weighted by Gasteiger charge is -2.19. The van der Waals surface area contributed by atoms with Gasteiger partial charge in [0.1, 0.15) is 10.6 Å². The summed E-state index contributed by atoms with van der Waals surface area (Å²) in [5, 5.41) is 0.172. The first kappa shape index (κ1) is 17.7. The Morgan fingerprint density at radius 3 is 2.39 bits per heavy atom. The van der Waals surface area contributed by atoms with Gasteiger partial charge in [0, 0.05) is 19.2 Å². The Hall–Kier alpha value is -1.60. The van der Waals surface area contributed by atoms with Crippen molar-refractivity contribution in [1.29, 1.82) is 0 Å². The zero-order chi connectivity index (χ0) is 16.9. The molecule has 0 spiro atoms. The van der Waals surface area contributed by atoms with Gasteiger partial charge in [0.25, 0.3) is 0 Å². The van der Waals surface area contributed by atoms with Gasteiger partial charge in [0.2, 0.25) is 10.0 Å². The maximum absolute atomic E-state index is 12.4. The first-order valence-electron chi connectivity index (χ1n) is 6.89. The quantitative estimate of drug-likeness (QED) is 0.829. The zero-order valence-corrected chi connectivity index (χ0v) is 14.4. The minimum Gasteiger partial charge on any atom is -0.496 e. The molecule has 0 unspecified atom stereocenters. The van der Waals surface area contributed by atoms with Gasteiger partial charge in [-0.05, 0) is 18.2 Å². The van der Waals surface area contributed by atoms with Crippen molar-refractivity contribution in [2.75, 3.05) is 20.8 Å². The largest absolute Gasteiger partial charge is 0.496 e. The molecule has 5 nitrogen and oxygen atoms in total. The second-order valence-corrected chi connectivity index (χ2v) is 6.89. The van der Waals surface area contributed by atoms with Crippen LogP contribution in [0.4, 0.5) is 0 Å². The third kappa shape index (κ3) is 4.23. The summed E-state index contributed by atoms with van der Waals surface area (Å²) < 4.78 is 38.0. The van der Waals surface area contributed by atoms with E-state index in [1.807, 2.05) is 18.2 Å². The van der Waals surface area contributed by atoms with E-state index < -0.39 is 16.1 Å². The van der Waals surface area contributed by atoms with Crippen molar-refractivity contribution in [3.63, 3.8) is 0 Å². The van der Waals surface area contributed by atoms with Crippen LogP contribution in [0.3, 0.4) is 0 Å². The number of nitrogens with one attached hydrogen (secondary N) is 1. The third-order valence-electron chi connectivity index (χ3n) is 3.36. The van der Waals surface area contributed by atoms with Crippen LogP contribution in [0.25, 0.3) is 0 Å². The van der Waals surface area contributed by atoms with Crippen molar-refractivity contribution in [3.8, 4) is 5.75 Å². The van der Waals surface area contributed by atoms with E-state index in [-0.39, 0.29) is 16.5 Å². The van der Waals surface area contributed by atoms with Gasteiger partial charge < -0.3 is 9.47 Å². The highest BCUT2D eigenvalue weighted by Crippen LogP contribution is 2.27. The van der Waals surface area contributed by atoms with E-state index in [4.69, 9.17) is 21.1 Å². The smallest absolute Gasteiger partial charge is 0.242 e. The van der Waals surface area contributed by atoms with Gasteiger partial charge in [0.05, 0.1) is 18.2 Å². The number of halogens is 1. The number of para-hydroxylation sites is 1.